The number of hydrogen-bond acceptors (Lipinski definition) is 3. The number of ether oxygens (including phenoxy) is 1. The zero-order chi connectivity index (χ0) is 11.3. The molecule has 90 valence electrons. The average Bonchev–Trinajstić information content (AvgIpc) is 2.98. The summed E-state index contributed by atoms with van der Waals surface area (Å²) in [5.41, 5.74) is 0. The highest BCUT2D eigenvalue weighted by molar-refractivity contribution is 4.88. The molecule has 0 aromatic carbocycles. The third-order valence-electron chi connectivity index (χ3n) is 3.08. The van der Waals surface area contributed by atoms with Gasteiger partial charge < -0.3 is 15.0 Å². The summed E-state index contributed by atoms with van der Waals surface area (Å²) < 4.78 is 5.39. The maximum Gasteiger partial charge on any atom is 0.0616 e. The molecule has 1 fully saturated rings. The summed E-state index contributed by atoms with van der Waals surface area (Å²) >= 11 is 0. The highest BCUT2D eigenvalue weighted by atomic mass is 16.5. The van der Waals surface area contributed by atoms with E-state index in [4.69, 9.17) is 4.74 Å². The molecule has 15 heavy (non-hydrogen) atoms. The first-order chi connectivity index (χ1) is 7.15. The largest absolute Gasteiger partial charge is 0.380 e. The van der Waals surface area contributed by atoms with Gasteiger partial charge in [0.05, 0.1) is 6.61 Å². The monoisotopic (exact) mass is 214 g/mol. The zero-order valence-electron chi connectivity index (χ0n) is 10.6. The summed E-state index contributed by atoms with van der Waals surface area (Å²) in [6.07, 6.45) is 2.81. The zero-order valence-corrected chi connectivity index (χ0v) is 10.6. The molecular formula is C12H26N2O. The van der Waals surface area contributed by atoms with Crippen LogP contribution in [0.15, 0.2) is 0 Å². The smallest absolute Gasteiger partial charge is 0.0616 e. The number of hydrogen-bond donors (Lipinski definition) is 1. The van der Waals surface area contributed by atoms with Crippen LogP contribution in [0.3, 0.4) is 0 Å². The van der Waals surface area contributed by atoms with Crippen molar-refractivity contribution in [3.05, 3.63) is 0 Å². The second kappa shape index (κ2) is 6.46. The van der Waals surface area contributed by atoms with Gasteiger partial charge in [0.2, 0.25) is 0 Å². The van der Waals surface area contributed by atoms with Crippen molar-refractivity contribution in [2.45, 2.75) is 38.8 Å². The van der Waals surface area contributed by atoms with Crippen molar-refractivity contribution in [3.63, 3.8) is 0 Å². The van der Waals surface area contributed by atoms with E-state index in [-0.39, 0.29) is 0 Å². The molecule has 0 radical (unpaired) electrons. The molecule has 1 rings (SSSR count). The van der Waals surface area contributed by atoms with Crippen LogP contribution in [0.5, 0.6) is 0 Å². The van der Waals surface area contributed by atoms with Crippen molar-refractivity contribution >= 4 is 0 Å². The van der Waals surface area contributed by atoms with Crippen molar-refractivity contribution in [3.8, 4) is 0 Å². The minimum absolute atomic E-state index is 0.464. The van der Waals surface area contributed by atoms with Crippen LogP contribution in [0.2, 0.25) is 0 Å². The fraction of sp³-hybridized carbons (Fsp3) is 1.00. The maximum absolute atomic E-state index is 5.39. The van der Waals surface area contributed by atoms with Gasteiger partial charge in [0, 0.05) is 25.2 Å². The Bertz CT molecular complexity index is 167. The molecule has 0 amide bonds. The van der Waals surface area contributed by atoms with E-state index in [1.807, 2.05) is 6.92 Å². The fourth-order valence-corrected chi connectivity index (χ4v) is 1.93. The van der Waals surface area contributed by atoms with Crippen molar-refractivity contribution in [2.75, 3.05) is 33.9 Å². The molecule has 3 heteroatoms. The van der Waals surface area contributed by atoms with Gasteiger partial charge in [-0.2, -0.15) is 0 Å². The van der Waals surface area contributed by atoms with Gasteiger partial charge >= 0.3 is 0 Å². The van der Waals surface area contributed by atoms with E-state index in [1.54, 1.807) is 0 Å². The fourth-order valence-electron chi connectivity index (χ4n) is 1.93. The molecule has 0 aliphatic heterocycles. The highest BCUT2D eigenvalue weighted by Crippen LogP contribution is 2.34. The molecule has 0 aromatic rings. The maximum atomic E-state index is 5.39. The van der Waals surface area contributed by atoms with Gasteiger partial charge in [-0.1, -0.05) is 0 Å². The van der Waals surface area contributed by atoms with E-state index in [0.717, 1.165) is 25.7 Å². The SMILES string of the molecule is CCOCC(C)NCC(C1CC1)N(C)C. The summed E-state index contributed by atoms with van der Waals surface area (Å²) in [4.78, 5) is 2.35. The Morgan fingerprint density at radius 2 is 2.07 bits per heavy atom. The lowest BCUT2D eigenvalue weighted by Crippen LogP contribution is -2.43. The third kappa shape index (κ3) is 4.96. The van der Waals surface area contributed by atoms with Gasteiger partial charge in [-0.05, 0) is 46.7 Å². The Balaban J connectivity index is 2.15. The Labute approximate surface area is 94.2 Å². The molecule has 0 bridgehead atoms. The van der Waals surface area contributed by atoms with Crippen LogP contribution in [0.4, 0.5) is 0 Å². The van der Waals surface area contributed by atoms with Crippen LogP contribution < -0.4 is 5.32 Å². The molecule has 1 aliphatic rings. The predicted molar refractivity (Wildman–Crippen MR) is 64.2 cm³/mol. The molecule has 0 spiro atoms. The minimum Gasteiger partial charge on any atom is -0.380 e. The van der Waals surface area contributed by atoms with Crippen molar-refractivity contribution < 1.29 is 4.74 Å². The van der Waals surface area contributed by atoms with Crippen LogP contribution in [0.1, 0.15) is 26.7 Å². The highest BCUT2D eigenvalue weighted by Gasteiger charge is 2.32. The van der Waals surface area contributed by atoms with Gasteiger partial charge in [-0.25, -0.2) is 0 Å². The van der Waals surface area contributed by atoms with Crippen molar-refractivity contribution in [2.24, 2.45) is 5.92 Å². The minimum atomic E-state index is 0.464. The normalized spacial score (nSPS) is 20.6. The molecule has 1 aliphatic carbocycles. The molecule has 1 saturated carbocycles. The lowest BCUT2D eigenvalue weighted by molar-refractivity contribution is 0.123. The summed E-state index contributed by atoms with van der Waals surface area (Å²) in [6.45, 7) is 6.95. The van der Waals surface area contributed by atoms with Crippen LogP contribution in [-0.2, 0) is 4.74 Å². The molecule has 2 atom stereocenters. The van der Waals surface area contributed by atoms with Crippen LogP contribution in [0, 0.1) is 5.92 Å². The van der Waals surface area contributed by atoms with Gasteiger partial charge in [-0.15, -0.1) is 0 Å². The Kier molecular flexibility index (Phi) is 5.58. The number of nitrogens with zero attached hydrogens (tertiary/aromatic N) is 1. The van der Waals surface area contributed by atoms with Gasteiger partial charge in [-0.3, -0.25) is 0 Å². The second-order valence-corrected chi connectivity index (χ2v) is 4.84. The number of rotatable bonds is 8. The molecule has 1 N–H and O–H groups in total. The summed E-state index contributed by atoms with van der Waals surface area (Å²) in [6, 6.07) is 1.17. The predicted octanol–water partition coefficient (Wildman–Crippen LogP) is 1.34. The van der Waals surface area contributed by atoms with Crippen LogP contribution >= 0.6 is 0 Å². The quantitative estimate of drug-likeness (QED) is 0.660. The van der Waals surface area contributed by atoms with Gasteiger partial charge in [0.1, 0.15) is 0 Å². The lowest BCUT2D eigenvalue weighted by Gasteiger charge is -2.26. The van der Waals surface area contributed by atoms with Crippen LogP contribution in [0.25, 0.3) is 0 Å². The van der Waals surface area contributed by atoms with E-state index in [2.05, 4.69) is 31.2 Å². The molecule has 0 saturated heterocycles. The summed E-state index contributed by atoms with van der Waals surface area (Å²) in [5, 5.41) is 3.55. The molecule has 0 aromatic heterocycles. The van der Waals surface area contributed by atoms with Crippen molar-refractivity contribution in [1.82, 2.24) is 10.2 Å². The Morgan fingerprint density at radius 1 is 1.40 bits per heavy atom. The second-order valence-electron chi connectivity index (χ2n) is 4.84. The van der Waals surface area contributed by atoms with E-state index in [1.165, 1.54) is 12.8 Å². The lowest BCUT2D eigenvalue weighted by atomic mass is 10.1. The summed E-state index contributed by atoms with van der Waals surface area (Å²) in [7, 11) is 4.36. The Morgan fingerprint density at radius 3 is 2.53 bits per heavy atom. The van der Waals surface area contributed by atoms with E-state index < -0.39 is 0 Å². The molecule has 0 heterocycles. The first-order valence-electron chi connectivity index (χ1n) is 6.12. The average molecular weight is 214 g/mol. The standard InChI is InChI=1S/C12H26N2O/c1-5-15-9-10(2)13-8-12(14(3)4)11-6-7-11/h10-13H,5-9H2,1-4H3. The van der Waals surface area contributed by atoms with Crippen molar-refractivity contribution in [1.29, 1.82) is 0 Å². The van der Waals surface area contributed by atoms with Gasteiger partial charge in [0.25, 0.3) is 0 Å². The first-order valence-corrected chi connectivity index (χ1v) is 6.12. The van der Waals surface area contributed by atoms with Gasteiger partial charge in [0.15, 0.2) is 0 Å². The summed E-state index contributed by atoms with van der Waals surface area (Å²) in [5.74, 6) is 0.923. The first kappa shape index (κ1) is 12.9. The topological polar surface area (TPSA) is 24.5 Å². The molecule has 2 unspecified atom stereocenters. The molecular weight excluding hydrogens is 188 g/mol. The molecule has 3 nitrogen and oxygen atoms in total. The third-order valence-corrected chi connectivity index (χ3v) is 3.08. The number of nitrogens with one attached hydrogen (secondary N) is 1. The Hall–Kier alpha value is -0.120. The van der Waals surface area contributed by atoms with E-state index in [9.17, 15) is 0 Å². The number of likely N-dealkylation sites (N-methyl/N-ethyl adjacent to an activating group) is 1. The van der Waals surface area contributed by atoms with Crippen LogP contribution in [-0.4, -0.2) is 50.8 Å². The van der Waals surface area contributed by atoms with E-state index in [0.29, 0.717) is 12.1 Å². The van der Waals surface area contributed by atoms with E-state index >= 15 is 0 Å².